The van der Waals surface area contributed by atoms with Crippen molar-refractivity contribution in [1.82, 2.24) is 0 Å². The molecule has 0 aliphatic rings. The van der Waals surface area contributed by atoms with Gasteiger partial charge in [-0.25, -0.2) is 4.79 Å². The lowest BCUT2D eigenvalue weighted by molar-refractivity contribution is -0.134. The summed E-state index contributed by atoms with van der Waals surface area (Å²) in [4.78, 5) is 23.2. The molecule has 0 bridgehead atoms. The normalized spacial score (nSPS) is 10.1. The number of carbonyl (C=O) groups excluding carboxylic acids is 2. The van der Waals surface area contributed by atoms with Gasteiger partial charge in [-0.15, -0.1) is 0 Å². The van der Waals surface area contributed by atoms with Crippen LogP contribution < -0.4 is 10.1 Å². The zero-order valence-electron chi connectivity index (χ0n) is 13.3. The highest BCUT2D eigenvalue weighted by molar-refractivity contribution is 6.30. The van der Waals surface area contributed by atoms with Crippen molar-refractivity contribution in [1.29, 1.82) is 0 Å². The Bertz CT molecular complexity index is 683. The van der Waals surface area contributed by atoms with Gasteiger partial charge < -0.3 is 9.47 Å². The van der Waals surface area contributed by atoms with Gasteiger partial charge in [-0.3, -0.25) is 10.1 Å². The number of aryl methyl sites for hydroxylation is 1. The van der Waals surface area contributed by atoms with E-state index in [-0.39, 0.29) is 12.4 Å². The van der Waals surface area contributed by atoms with E-state index >= 15 is 0 Å². The number of halogens is 1. The molecule has 0 atom stereocenters. The summed E-state index contributed by atoms with van der Waals surface area (Å²) in [5.41, 5.74) is 1.58. The Morgan fingerprint density at radius 2 is 1.71 bits per heavy atom. The zero-order valence-corrected chi connectivity index (χ0v) is 14.0. The largest absolute Gasteiger partial charge is 0.450 e. The van der Waals surface area contributed by atoms with Gasteiger partial charge in [-0.05, 0) is 55.3 Å². The molecule has 2 rings (SSSR count). The number of ether oxygens (including phenoxy) is 2. The monoisotopic (exact) mass is 347 g/mol. The second-order valence-corrected chi connectivity index (χ2v) is 5.41. The van der Waals surface area contributed by atoms with Gasteiger partial charge in [-0.1, -0.05) is 23.7 Å². The van der Waals surface area contributed by atoms with Gasteiger partial charge in [0.2, 0.25) is 0 Å². The van der Waals surface area contributed by atoms with Crippen molar-refractivity contribution in [3.63, 3.8) is 0 Å². The van der Waals surface area contributed by atoms with Crippen LogP contribution in [-0.2, 0) is 16.0 Å². The van der Waals surface area contributed by atoms with Crippen molar-refractivity contribution in [2.75, 3.05) is 11.9 Å². The summed E-state index contributed by atoms with van der Waals surface area (Å²) >= 11 is 5.82. The number of rotatable bonds is 6. The number of amides is 1. The predicted octanol–water partition coefficient (Wildman–Crippen LogP) is 4.45. The van der Waals surface area contributed by atoms with Crippen molar-refractivity contribution in [2.45, 2.75) is 19.8 Å². The van der Waals surface area contributed by atoms with E-state index < -0.39 is 6.09 Å². The van der Waals surface area contributed by atoms with Gasteiger partial charge in [0.25, 0.3) is 0 Å². The summed E-state index contributed by atoms with van der Waals surface area (Å²) in [6, 6.07) is 13.8. The van der Waals surface area contributed by atoms with E-state index in [9.17, 15) is 9.59 Å². The van der Waals surface area contributed by atoms with Crippen molar-refractivity contribution in [3.05, 3.63) is 59.1 Å². The second-order valence-electron chi connectivity index (χ2n) is 4.97. The molecule has 0 saturated heterocycles. The van der Waals surface area contributed by atoms with Crippen molar-refractivity contribution < 1.29 is 19.1 Å². The van der Waals surface area contributed by atoms with Gasteiger partial charge in [-0.2, -0.15) is 0 Å². The van der Waals surface area contributed by atoms with E-state index in [1.54, 1.807) is 43.3 Å². The molecular formula is C18H18ClNO4. The maximum absolute atomic E-state index is 11.9. The highest BCUT2D eigenvalue weighted by Gasteiger charge is 2.07. The first-order chi connectivity index (χ1) is 11.6. The molecule has 1 N–H and O–H groups in total. The van der Waals surface area contributed by atoms with Crippen LogP contribution in [0.5, 0.6) is 5.75 Å². The number of hydrogen-bond donors (Lipinski definition) is 1. The van der Waals surface area contributed by atoms with Gasteiger partial charge >= 0.3 is 12.1 Å². The summed E-state index contributed by atoms with van der Waals surface area (Å²) < 4.78 is 10.0. The molecule has 0 fully saturated rings. The predicted molar refractivity (Wildman–Crippen MR) is 92.5 cm³/mol. The van der Waals surface area contributed by atoms with E-state index in [0.29, 0.717) is 29.5 Å². The molecule has 5 nitrogen and oxygen atoms in total. The van der Waals surface area contributed by atoms with Crippen molar-refractivity contribution >= 4 is 29.4 Å². The molecule has 0 aliphatic heterocycles. The van der Waals surface area contributed by atoms with Crippen LogP contribution >= 0.6 is 11.6 Å². The molecule has 0 spiro atoms. The smallest absolute Gasteiger partial charge is 0.411 e. The Morgan fingerprint density at radius 3 is 2.33 bits per heavy atom. The molecular weight excluding hydrogens is 330 g/mol. The number of anilines is 1. The lowest BCUT2D eigenvalue weighted by Crippen LogP contribution is -2.13. The van der Waals surface area contributed by atoms with Crippen LogP contribution in [0.1, 0.15) is 18.9 Å². The quantitative estimate of drug-likeness (QED) is 0.619. The van der Waals surface area contributed by atoms with Crippen LogP contribution in [0.15, 0.2) is 48.5 Å². The summed E-state index contributed by atoms with van der Waals surface area (Å²) in [5.74, 6) is 0.0987. The number of hydrogen-bond acceptors (Lipinski definition) is 4. The van der Waals surface area contributed by atoms with E-state index in [1.807, 2.05) is 12.1 Å². The first-order valence-corrected chi connectivity index (χ1v) is 7.93. The van der Waals surface area contributed by atoms with E-state index in [0.717, 1.165) is 5.56 Å². The van der Waals surface area contributed by atoms with Gasteiger partial charge in [0.05, 0.1) is 6.61 Å². The van der Waals surface area contributed by atoms with Crippen LogP contribution in [0.3, 0.4) is 0 Å². The average molecular weight is 348 g/mol. The fourth-order valence-corrected chi connectivity index (χ4v) is 2.10. The third kappa shape index (κ3) is 5.93. The molecule has 0 saturated carbocycles. The number of carbonyl (C=O) groups is 2. The fourth-order valence-electron chi connectivity index (χ4n) is 1.97. The Hall–Kier alpha value is -2.53. The highest BCUT2D eigenvalue weighted by atomic mass is 35.5. The minimum atomic E-state index is -0.523. The van der Waals surface area contributed by atoms with Crippen LogP contribution in [0.2, 0.25) is 5.02 Å². The van der Waals surface area contributed by atoms with E-state index in [1.165, 1.54) is 0 Å². The van der Waals surface area contributed by atoms with Gasteiger partial charge in [0.1, 0.15) is 5.75 Å². The molecule has 2 aromatic rings. The van der Waals surface area contributed by atoms with Crippen molar-refractivity contribution in [3.8, 4) is 5.75 Å². The average Bonchev–Trinajstić information content (AvgIpc) is 2.56. The van der Waals surface area contributed by atoms with Crippen LogP contribution in [-0.4, -0.2) is 18.7 Å². The summed E-state index contributed by atoms with van der Waals surface area (Å²) in [7, 11) is 0. The molecule has 2 aromatic carbocycles. The van der Waals surface area contributed by atoms with Crippen LogP contribution in [0, 0.1) is 0 Å². The van der Waals surface area contributed by atoms with E-state index in [2.05, 4.69) is 5.32 Å². The third-order valence-corrected chi connectivity index (χ3v) is 3.39. The first kappa shape index (κ1) is 17.8. The molecule has 0 aromatic heterocycles. The Balaban J connectivity index is 1.81. The number of nitrogens with one attached hydrogen (secondary N) is 1. The molecule has 0 aliphatic carbocycles. The summed E-state index contributed by atoms with van der Waals surface area (Å²) in [6.07, 6.45) is 0.327. The molecule has 126 valence electrons. The highest BCUT2D eigenvalue weighted by Crippen LogP contribution is 2.17. The minimum Gasteiger partial charge on any atom is -0.450 e. The zero-order chi connectivity index (χ0) is 17.4. The Kier molecular flexibility index (Phi) is 6.63. The Labute approximate surface area is 145 Å². The van der Waals surface area contributed by atoms with Crippen LogP contribution in [0.4, 0.5) is 10.5 Å². The first-order valence-electron chi connectivity index (χ1n) is 7.56. The molecule has 0 radical (unpaired) electrons. The molecule has 6 heteroatoms. The maximum Gasteiger partial charge on any atom is 0.411 e. The molecule has 0 heterocycles. The fraction of sp³-hybridized carbons (Fsp3) is 0.222. The number of esters is 1. The SMILES string of the molecule is CCOC(=O)Nc1ccc(OC(=O)CCc2ccc(Cl)cc2)cc1. The third-order valence-electron chi connectivity index (χ3n) is 3.14. The summed E-state index contributed by atoms with van der Waals surface area (Å²) in [6.45, 7) is 2.03. The van der Waals surface area contributed by atoms with Gasteiger partial charge in [0, 0.05) is 17.1 Å². The molecule has 0 unspecified atom stereocenters. The van der Waals surface area contributed by atoms with E-state index in [4.69, 9.17) is 21.1 Å². The number of benzene rings is 2. The second kappa shape index (κ2) is 8.93. The lowest BCUT2D eigenvalue weighted by atomic mass is 10.1. The standard InChI is InChI=1S/C18H18ClNO4/c1-2-23-18(22)20-15-8-10-16(11-9-15)24-17(21)12-5-13-3-6-14(19)7-4-13/h3-4,6-11H,2,5,12H2,1H3,(H,20,22). The summed E-state index contributed by atoms with van der Waals surface area (Å²) in [5, 5.41) is 3.23. The molecule has 24 heavy (non-hydrogen) atoms. The topological polar surface area (TPSA) is 64.6 Å². The lowest BCUT2D eigenvalue weighted by Gasteiger charge is -2.07. The van der Waals surface area contributed by atoms with Gasteiger partial charge in [0.15, 0.2) is 0 Å². The minimum absolute atomic E-state index is 0.268. The van der Waals surface area contributed by atoms with Crippen LogP contribution in [0.25, 0.3) is 0 Å². The van der Waals surface area contributed by atoms with Crippen molar-refractivity contribution in [2.24, 2.45) is 0 Å². The Morgan fingerprint density at radius 1 is 1.04 bits per heavy atom. The maximum atomic E-state index is 11.9. The molecule has 1 amide bonds.